The molecule has 2 aromatic carbocycles. The van der Waals surface area contributed by atoms with Crippen LogP contribution in [-0.2, 0) is 21.7 Å². The number of nitrogens with zero attached hydrogens (tertiary/aromatic N) is 1. The number of halogens is 2. The van der Waals surface area contributed by atoms with Crippen molar-refractivity contribution >= 4 is 42.6 Å². The van der Waals surface area contributed by atoms with Crippen molar-refractivity contribution in [3.8, 4) is 0 Å². The number of benzene rings is 2. The van der Waals surface area contributed by atoms with Gasteiger partial charge in [-0.05, 0) is 65.9 Å². The summed E-state index contributed by atoms with van der Waals surface area (Å²) in [6.45, 7) is 5.65. The number of rotatable bonds is 5. The Morgan fingerprint density at radius 3 is 2.63 bits per heavy atom. The maximum atomic E-state index is 15.4. The Bertz CT molecular complexity index is 965. The van der Waals surface area contributed by atoms with Crippen LogP contribution in [0.1, 0.15) is 24.5 Å². The third kappa shape index (κ3) is 3.43. The van der Waals surface area contributed by atoms with Gasteiger partial charge in [0.1, 0.15) is 0 Å². The van der Waals surface area contributed by atoms with Gasteiger partial charge in [-0.25, -0.2) is 0 Å². The molecular formula is C23H27FINO3Si. The van der Waals surface area contributed by atoms with Crippen LogP contribution in [0, 0.1) is 9.49 Å². The predicted octanol–water partition coefficient (Wildman–Crippen LogP) is 5.00. The van der Waals surface area contributed by atoms with Crippen LogP contribution in [-0.4, -0.2) is 32.1 Å². The number of para-hydroxylation sites is 1. The molecule has 0 saturated carbocycles. The molecule has 0 aliphatic carbocycles. The summed E-state index contributed by atoms with van der Waals surface area (Å²) in [6, 6.07) is 15.8. The van der Waals surface area contributed by atoms with Gasteiger partial charge in [-0.2, -0.15) is 0 Å². The van der Waals surface area contributed by atoms with Crippen molar-refractivity contribution in [3.05, 3.63) is 63.2 Å². The lowest BCUT2D eigenvalue weighted by Crippen LogP contribution is -2.45. The normalized spacial score (nSPS) is 28.4. The smallest absolute Gasteiger partial charge is 0.264 e. The van der Waals surface area contributed by atoms with Crippen molar-refractivity contribution in [2.24, 2.45) is 5.92 Å². The SMILES string of the molecule is C[C@H]1[C@H]([Si](C)(C)F)[C@@H](CCO)O[C@]12C(=O)N(Cc1cccc(I)c1)c1ccccc12. The third-order valence-corrected chi connectivity index (χ3v) is 9.64. The van der Waals surface area contributed by atoms with Crippen molar-refractivity contribution < 1.29 is 18.7 Å². The van der Waals surface area contributed by atoms with Gasteiger partial charge in [0.05, 0.1) is 18.3 Å². The van der Waals surface area contributed by atoms with Gasteiger partial charge in [-0.15, -0.1) is 0 Å². The highest BCUT2D eigenvalue weighted by molar-refractivity contribution is 14.1. The summed E-state index contributed by atoms with van der Waals surface area (Å²) in [5.41, 5.74) is 1.13. The first kappa shape index (κ1) is 21.9. The van der Waals surface area contributed by atoms with Crippen LogP contribution < -0.4 is 4.90 Å². The first-order valence-electron chi connectivity index (χ1n) is 10.3. The number of amides is 1. The molecule has 1 spiro atoms. The second kappa shape index (κ2) is 8.00. The molecule has 4 nitrogen and oxygen atoms in total. The van der Waals surface area contributed by atoms with E-state index in [0.717, 1.165) is 20.4 Å². The molecule has 2 aromatic rings. The summed E-state index contributed by atoms with van der Waals surface area (Å²) in [7, 11) is -3.14. The molecule has 0 bridgehead atoms. The second-order valence-corrected chi connectivity index (χ2v) is 13.9. The molecule has 4 atom stereocenters. The molecule has 30 heavy (non-hydrogen) atoms. The zero-order chi connectivity index (χ0) is 21.7. The number of hydrogen-bond donors (Lipinski definition) is 1. The van der Waals surface area contributed by atoms with E-state index in [4.69, 9.17) is 4.74 Å². The zero-order valence-corrected chi connectivity index (χ0v) is 20.6. The van der Waals surface area contributed by atoms with E-state index in [1.54, 1.807) is 18.0 Å². The Kier molecular flexibility index (Phi) is 5.84. The molecular weight excluding hydrogens is 512 g/mol. The first-order chi connectivity index (χ1) is 14.2. The fourth-order valence-corrected chi connectivity index (χ4v) is 8.52. The van der Waals surface area contributed by atoms with Crippen LogP contribution in [0.3, 0.4) is 0 Å². The summed E-state index contributed by atoms with van der Waals surface area (Å²) in [5, 5.41) is 9.58. The average molecular weight is 539 g/mol. The Morgan fingerprint density at radius 1 is 1.23 bits per heavy atom. The van der Waals surface area contributed by atoms with Crippen LogP contribution in [0.5, 0.6) is 0 Å². The summed E-state index contributed by atoms with van der Waals surface area (Å²) >= 11 is 2.27. The van der Waals surface area contributed by atoms with Gasteiger partial charge in [-0.3, -0.25) is 4.79 Å². The van der Waals surface area contributed by atoms with Gasteiger partial charge in [0.15, 0.2) is 5.60 Å². The lowest BCUT2D eigenvalue weighted by Gasteiger charge is -2.31. The fourth-order valence-electron chi connectivity index (χ4n) is 5.37. The van der Waals surface area contributed by atoms with Gasteiger partial charge >= 0.3 is 0 Å². The molecule has 0 radical (unpaired) electrons. The van der Waals surface area contributed by atoms with Crippen LogP contribution >= 0.6 is 22.6 Å². The molecule has 1 saturated heterocycles. The number of aliphatic hydroxyl groups is 1. The fraction of sp³-hybridized carbons (Fsp3) is 0.435. The largest absolute Gasteiger partial charge is 0.396 e. The second-order valence-electron chi connectivity index (χ2n) is 8.82. The Balaban J connectivity index is 1.80. The van der Waals surface area contributed by atoms with Crippen molar-refractivity contribution in [3.63, 3.8) is 0 Å². The van der Waals surface area contributed by atoms with Crippen LogP contribution in [0.2, 0.25) is 18.6 Å². The molecule has 0 unspecified atom stereocenters. The highest BCUT2D eigenvalue weighted by Crippen LogP contribution is 2.60. The van der Waals surface area contributed by atoms with Crippen LogP contribution in [0.25, 0.3) is 0 Å². The van der Waals surface area contributed by atoms with Gasteiger partial charge < -0.3 is 18.9 Å². The van der Waals surface area contributed by atoms with Crippen molar-refractivity contribution in [1.29, 1.82) is 0 Å². The van der Waals surface area contributed by atoms with Gasteiger partial charge in [-0.1, -0.05) is 37.3 Å². The van der Waals surface area contributed by atoms with Crippen LogP contribution in [0.4, 0.5) is 9.80 Å². The summed E-state index contributed by atoms with van der Waals surface area (Å²) in [6.07, 6.45) is -0.130. The maximum absolute atomic E-state index is 15.4. The quantitative estimate of drug-likeness (QED) is 0.331. The molecule has 2 heterocycles. The number of ether oxygens (including phenoxy) is 1. The minimum atomic E-state index is -3.14. The number of aliphatic hydroxyl groups excluding tert-OH is 1. The Morgan fingerprint density at radius 2 is 1.97 bits per heavy atom. The van der Waals surface area contributed by atoms with E-state index < -0.39 is 20.1 Å². The third-order valence-electron chi connectivity index (χ3n) is 6.51. The number of fused-ring (bicyclic) bond motifs is 2. The topological polar surface area (TPSA) is 49.8 Å². The number of carbonyl (C=O) groups excluding carboxylic acids is 1. The van der Waals surface area contributed by atoms with Gasteiger partial charge in [0.2, 0.25) is 8.41 Å². The van der Waals surface area contributed by atoms with Crippen molar-refractivity contribution in [2.45, 2.75) is 50.2 Å². The Hall–Kier alpha value is -1.29. The van der Waals surface area contributed by atoms with Gasteiger partial charge in [0.25, 0.3) is 5.91 Å². The molecule has 7 heteroatoms. The molecule has 1 N–H and O–H groups in total. The van der Waals surface area contributed by atoms with Crippen molar-refractivity contribution in [2.75, 3.05) is 11.5 Å². The maximum Gasteiger partial charge on any atom is 0.264 e. The molecule has 0 aromatic heterocycles. The summed E-state index contributed by atoms with van der Waals surface area (Å²) in [5.74, 6) is -0.436. The minimum absolute atomic E-state index is 0.0869. The van der Waals surface area contributed by atoms with E-state index in [1.165, 1.54) is 0 Å². The molecule has 1 fully saturated rings. The highest BCUT2D eigenvalue weighted by Gasteiger charge is 2.66. The summed E-state index contributed by atoms with van der Waals surface area (Å²) < 4.78 is 23.0. The predicted molar refractivity (Wildman–Crippen MR) is 127 cm³/mol. The average Bonchev–Trinajstić information content (AvgIpc) is 3.10. The van der Waals surface area contributed by atoms with E-state index in [0.29, 0.717) is 13.0 Å². The monoisotopic (exact) mass is 539 g/mol. The van der Waals surface area contributed by atoms with Crippen molar-refractivity contribution in [1.82, 2.24) is 0 Å². The number of hydrogen-bond acceptors (Lipinski definition) is 3. The lowest BCUT2D eigenvalue weighted by molar-refractivity contribution is -0.146. The molecule has 2 aliphatic rings. The standard InChI is InChI=1S/C23H27FINO3Si/c1-15-21(30(2,3)24)20(11-12-27)29-23(15)18-9-4-5-10-19(18)26(22(23)28)14-16-7-6-8-17(25)13-16/h4-10,13,15,20-21,27H,11-12,14H2,1-3H3/t15-,20+,21-,23+/m0/s1. The molecule has 1 amide bonds. The molecule has 4 rings (SSSR count). The van der Waals surface area contributed by atoms with E-state index in [9.17, 15) is 9.90 Å². The molecule has 160 valence electrons. The minimum Gasteiger partial charge on any atom is -0.396 e. The Labute approximate surface area is 191 Å². The van der Waals surface area contributed by atoms with E-state index >= 15 is 4.11 Å². The summed E-state index contributed by atoms with van der Waals surface area (Å²) in [4.78, 5) is 15.7. The van der Waals surface area contributed by atoms with Crippen LogP contribution in [0.15, 0.2) is 48.5 Å². The van der Waals surface area contributed by atoms with E-state index in [2.05, 4.69) is 28.7 Å². The van der Waals surface area contributed by atoms with E-state index in [1.807, 2.05) is 49.4 Å². The highest BCUT2D eigenvalue weighted by atomic mass is 127. The lowest BCUT2D eigenvalue weighted by atomic mass is 9.82. The van der Waals surface area contributed by atoms with Gasteiger partial charge in [0, 0.05) is 27.2 Å². The zero-order valence-electron chi connectivity index (χ0n) is 17.4. The number of anilines is 1. The molecule has 2 aliphatic heterocycles. The van der Waals surface area contributed by atoms with E-state index in [-0.39, 0.29) is 24.0 Å². The number of carbonyl (C=O) groups is 1. The first-order valence-corrected chi connectivity index (χ1v) is 14.4.